The Morgan fingerprint density at radius 2 is 1.62 bits per heavy atom. The zero-order chi connectivity index (χ0) is 24.2. The number of hydrogen-bond acceptors (Lipinski definition) is 5. The van der Waals surface area contributed by atoms with Gasteiger partial charge in [-0.05, 0) is 44.7 Å². The molecule has 0 amide bonds. The lowest BCUT2D eigenvalue weighted by molar-refractivity contribution is 0.00571. The maximum absolute atomic E-state index is 13.1. The van der Waals surface area contributed by atoms with Crippen LogP contribution in [0.25, 0.3) is 0 Å². The third kappa shape index (κ3) is 5.56. The minimum Gasteiger partial charge on any atom is -0.481 e. The number of ether oxygens (including phenoxy) is 2. The van der Waals surface area contributed by atoms with Crippen molar-refractivity contribution in [3.63, 3.8) is 0 Å². The number of carbonyl (C=O) groups is 1. The zero-order valence-corrected chi connectivity index (χ0v) is 20.1. The molecule has 0 bridgehead atoms. The topological polar surface area (TPSA) is 81.3 Å². The molecule has 1 aromatic heterocycles. The zero-order valence-electron chi connectivity index (χ0n) is 20.1. The summed E-state index contributed by atoms with van der Waals surface area (Å²) < 4.78 is 11.4. The summed E-state index contributed by atoms with van der Waals surface area (Å²) in [4.78, 5) is 33.7. The second-order valence-corrected chi connectivity index (χ2v) is 10.00. The minimum absolute atomic E-state index is 0.0779. The summed E-state index contributed by atoms with van der Waals surface area (Å²) in [6.45, 7) is 5.50. The van der Waals surface area contributed by atoms with Crippen LogP contribution in [0.1, 0.15) is 73.9 Å². The number of nitrogens with one attached hydrogen (secondary N) is 1. The average molecular weight is 461 g/mol. The Morgan fingerprint density at radius 1 is 1.00 bits per heavy atom. The Hall–Kier alpha value is -3.41. The van der Waals surface area contributed by atoms with Crippen molar-refractivity contribution in [3.8, 4) is 5.75 Å². The molecule has 0 unspecified atom stereocenters. The number of aromatic nitrogens is 2. The lowest BCUT2D eigenvalue weighted by Crippen LogP contribution is -2.31. The number of benzene rings is 2. The largest absolute Gasteiger partial charge is 0.481 e. The van der Waals surface area contributed by atoms with E-state index in [1.807, 2.05) is 48.5 Å². The lowest BCUT2D eigenvalue weighted by atomic mass is 9.76. The van der Waals surface area contributed by atoms with Gasteiger partial charge in [-0.15, -0.1) is 0 Å². The molecule has 1 heterocycles. The lowest BCUT2D eigenvalue weighted by Gasteiger charge is -2.29. The summed E-state index contributed by atoms with van der Waals surface area (Å²) in [5, 5.41) is 0. The van der Waals surface area contributed by atoms with E-state index in [0.717, 1.165) is 31.2 Å². The average Bonchev–Trinajstić information content (AvgIpc) is 3.28. The molecule has 0 atom stereocenters. The van der Waals surface area contributed by atoms with E-state index in [0.29, 0.717) is 12.2 Å². The van der Waals surface area contributed by atoms with Gasteiger partial charge in [-0.3, -0.25) is 4.79 Å². The smallest absolute Gasteiger partial charge is 0.361 e. The Labute approximate surface area is 200 Å². The summed E-state index contributed by atoms with van der Waals surface area (Å²) >= 11 is 0. The van der Waals surface area contributed by atoms with Gasteiger partial charge >= 0.3 is 5.97 Å². The molecule has 1 aliphatic rings. The molecule has 178 valence electrons. The van der Waals surface area contributed by atoms with Crippen molar-refractivity contribution in [2.24, 2.45) is 0 Å². The van der Waals surface area contributed by atoms with Crippen LogP contribution in [0.4, 0.5) is 0 Å². The quantitative estimate of drug-likeness (QED) is 0.480. The molecule has 0 spiro atoms. The van der Waals surface area contributed by atoms with Crippen molar-refractivity contribution in [2.75, 3.05) is 0 Å². The molecule has 0 radical (unpaired) electrons. The Morgan fingerprint density at radius 3 is 2.24 bits per heavy atom. The van der Waals surface area contributed by atoms with E-state index in [4.69, 9.17) is 9.47 Å². The van der Waals surface area contributed by atoms with Crippen LogP contribution in [0.2, 0.25) is 0 Å². The van der Waals surface area contributed by atoms with Crippen molar-refractivity contribution in [1.29, 1.82) is 0 Å². The molecule has 6 heteroatoms. The molecular formula is C28H32N2O4. The van der Waals surface area contributed by atoms with Gasteiger partial charge < -0.3 is 14.5 Å². The first-order valence-electron chi connectivity index (χ1n) is 11.8. The van der Waals surface area contributed by atoms with Crippen molar-refractivity contribution < 1.29 is 14.3 Å². The fraction of sp³-hybridized carbons (Fsp3) is 0.393. The minimum atomic E-state index is -0.727. The van der Waals surface area contributed by atoms with Crippen LogP contribution >= 0.6 is 0 Å². The molecule has 1 fully saturated rings. The molecule has 0 aliphatic heterocycles. The first-order chi connectivity index (χ1) is 16.3. The number of nitrogens with zero attached hydrogens (tertiary/aromatic N) is 1. The summed E-state index contributed by atoms with van der Waals surface area (Å²) in [7, 11) is 0. The van der Waals surface area contributed by atoms with Crippen LogP contribution in [0.5, 0.6) is 5.75 Å². The second-order valence-electron chi connectivity index (χ2n) is 10.00. The molecular weight excluding hydrogens is 428 g/mol. The van der Waals surface area contributed by atoms with Gasteiger partial charge in [0.1, 0.15) is 18.0 Å². The van der Waals surface area contributed by atoms with E-state index < -0.39 is 17.1 Å². The van der Waals surface area contributed by atoms with Crippen molar-refractivity contribution in [2.45, 2.75) is 70.5 Å². The molecule has 34 heavy (non-hydrogen) atoms. The highest BCUT2D eigenvalue weighted by Crippen LogP contribution is 2.43. The van der Waals surface area contributed by atoms with Crippen molar-refractivity contribution >= 4 is 5.97 Å². The van der Waals surface area contributed by atoms with Gasteiger partial charge in [0.25, 0.3) is 5.56 Å². The van der Waals surface area contributed by atoms with E-state index in [2.05, 4.69) is 22.1 Å². The van der Waals surface area contributed by atoms with Gasteiger partial charge in [-0.25, -0.2) is 9.78 Å². The maximum Gasteiger partial charge on any atom is 0.361 e. The third-order valence-corrected chi connectivity index (χ3v) is 6.20. The highest BCUT2D eigenvalue weighted by atomic mass is 16.6. The SMILES string of the molecule is CC(C)(C)OC(=O)c1nc(CC2(c3ccccc3)CCCC2)[nH]c(=O)c1OCc1ccccc1. The molecule has 0 saturated heterocycles. The first kappa shape index (κ1) is 23.7. The van der Waals surface area contributed by atoms with E-state index in [-0.39, 0.29) is 23.5 Å². The van der Waals surface area contributed by atoms with Gasteiger partial charge in [0, 0.05) is 11.8 Å². The van der Waals surface area contributed by atoms with Crippen LogP contribution in [-0.4, -0.2) is 21.5 Å². The maximum atomic E-state index is 13.1. The number of esters is 1. The van der Waals surface area contributed by atoms with Crippen LogP contribution in [0, 0.1) is 0 Å². The molecule has 6 nitrogen and oxygen atoms in total. The van der Waals surface area contributed by atoms with Gasteiger partial charge in [-0.1, -0.05) is 73.5 Å². The molecule has 2 aromatic carbocycles. The Balaban J connectivity index is 1.70. The number of aromatic amines is 1. The van der Waals surface area contributed by atoms with E-state index in [1.54, 1.807) is 20.8 Å². The predicted molar refractivity (Wildman–Crippen MR) is 131 cm³/mol. The van der Waals surface area contributed by atoms with Gasteiger partial charge in [-0.2, -0.15) is 0 Å². The van der Waals surface area contributed by atoms with Gasteiger partial charge in [0.05, 0.1) is 0 Å². The standard InChI is InChI=1S/C28H32N2O4/c1-27(2,3)34-26(32)23-24(33-19-20-12-6-4-7-13-20)25(31)30-22(29-23)18-28(16-10-11-17-28)21-14-8-5-9-15-21/h4-9,12-15H,10-11,16-19H2,1-3H3,(H,29,30,31). The Kier molecular flexibility index (Phi) is 6.87. The number of H-pyrrole nitrogens is 1. The molecule has 3 aromatic rings. The van der Waals surface area contributed by atoms with E-state index >= 15 is 0 Å². The second kappa shape index (κ2) is 9.84. The normalized spacial score (nSPS) is 15.1. The summed E-state index contributed by atoms with van der Waals surface area (Å²) in [5.41, 5.74) is 0.728. The van der Waals surface area contributed by atoms with Crippen LogP contribution in [-0.2, 0) is 23.2 Å². The summed E-state index contributed by atoms with van der Waals surface area (Å²) in [6.07, 6.45) is 4.80. The molecule has 1 aliphatic carbocycles. The van der Waals surface area contributed by atoms with Crippen molar-refractivity contribution in [3.05, 3.63) is 93.7 Å². The van der Waals surface area contributed by atoms with Crippen LogP contribution < -0.4 is 10.3 Å². The van der Waals surface area contributed by atoms with E-state index in [1.165, 1.54) is 5.56 Å². The Bertz CT molecular complexity index is 1170. The first-order valence-corrected chi connectivity index (χ1v) is 11.8. The summed E-state index contributed by atoms with van der Waals surface area (Å²) in [6, 6.07) is 19.8. The molecule has 1 N–H and O–H groups in total. The fourth-order valence-electron chi connectivity index (χ4n) is 4.65. The number of hydrogen-bond donors (Lipinski definition) is 1. The molecule has 4 rings (SSSR count). The third-order valence-electron chi connectivity index (χ3n) is 6.20. The number of rotatable bonds is 7. The van der Waals surface area contributed by atoms with Crippen molar-refractivity contribution in [1.82, 2.24) is 9.97 Å². The monoisotopic (exact) mass is 460 g/mol. The molecule has 1 saturated carbocycles. The highest BCUT2D eigenvalue weighted by Gasteiger charge is 2.37. The van der Waals surface area contributed by atoms with Crippen LogP contribution in [0.15, 0.2) is 65.5 Å². The van der Waals surface area contributed by atoms with Gasteiger partial charge in [0.15, 0.2) is 5.69 Å². The highest BCUT2D eigenvalue weighted by molar-refractivity contribution is 5.90. The number of carbonyl (C=O) groups excluding carboxylic acids is 1. The fourth-order valence-corrected chi connectivity index (χ4v) is 4.65. The van der Waals surface area contributed by atoms with Gasteiger partial charge in [0.2, 0.25) is 5.75 Å². The van der Waals surface area contributed by atoms with E-state index in [9.17, 15) is 9.59 Å². The predicted octanol–water partition coefficient (Wildman–Crippen LogP) is 5.36. The van der Waals surface area contributed by atoms with Crippen LogP contribution in [0.3, 0.4) is 0 Å². The summed E-state index contributed by atoms with van der Waals surface area (Å²) in [5.74, 6) is -0.297.